The van der Waals surface area contributed by atoms with E-state index in [-0.39, 0.29) is 79.2 Å². The molecule has 8 N–H and O–H groups in total. The Labute approximate surface area is 805 Å². The van der Waals surface area contributed by atoms with Gasteiger partial charge in [0.15, 0.2) is 0 Å². The van der Waals surface area contributed by atoms with E-state index in [1.165, 1.54) is 83.1 Å². The molecule has 18 aromatic rings. The van der Waals surface area contributed by atoms with Crippen molar-refractivity contribution in [3.8, 4) is 0 Å². The monoisotopic (exact) mass is 2080 g/mol. The Bertz CT molecular complexity index is 5560. The molecule has 12 aromatic heterocycles. The average molecular weight is 2080 g/mol. The second kappa shape index (κ2) is 53.4. The Hall–Kier alpha value is -8.90. The largest absolute Gasteiger partial charge is 2.00 e. The van der Waals surface area contributed by atoms with Gasteiger partial charge in [-0.3, -0.25) is 59.8 Å². The van der Waals surface area contributed by atoms with Crippen molar-refractivity contribution in [1.82, 2.24) is 59.8 Å². The molecule has 4 radical (unpaired) electrons. The van der Waals surface area contributed by atoms with Gasteiger partial charge in [0.05, 0.1) is 66.2 Å². The van der Waals surface area contributed by atoms with E-state index in [1.54, 1.807) is 74.4 Å². The van der Waals surface area contributed by atoms with Crippen LogP contribution in [0.3, 0.4) is 0 Å². The molecule has 0 aliphatic carbocycles. The summed E-state index contributed by atoms with van der Waals surface area (Å²) in [5.74, 6) is 0. The summed E-state index contributed by atoms with van der Waals surface area (Å²) >= 11 is 0. The van der Waals surface area contributed by atoms with Gasteiger partial charge in [0.25, 0.3) is 0 Å². The Morgan fingerprint density at radius 3 is 0.326 bits per heavy atom. The molecule has 0 bridgehead atoms. The van der Waals surface area contributed by atoms with E-state index < -0.39 is 71.5 Å². The first kappa shape index (κ1) is 121. The van der Waals surface area contributed by atoms with E-state index in [4.69, 9.17) is 47.1 Å². The zero-order valence-electron chi connectivity index (χ0n) is 72.5. The third kappa shape index (κ3) is 38.5. The molecule has 132 heavy (non-hydrogen) atoms. The summed E-state index contributed by atoms with van der Waals surface area (Å²) in [6, 6.07) is 72.8. The van der Waals surface area contributed by atoms with Crippen LogP contribution >= 0.6 is 30.4 Å². The van der Waals surface area contributed by atoms with E-state index in [2.05, 4.69) is 205 Å². The third-order valence-corrected chi connectivity index (χ3v) is 24.1. The number of aromatic nitrogens is 12. The number of nitrogens with zero attached hydrogens (tertiary/aromatic N) is 12. The van der Waals surface area contributed by atoms with Crippen LogP contribution in [0.2, 0.25) is 0 Å². The van der Waals surface area contributed by atoms with Crippen molar-refractivity contribution in [3.63, 3.8) is 0 Å². The first-order valence-electron chi connectivity index (χ1n) is 37.6. The summed E-state index contributed by atoms with van der Waals surface area (Å²) in [6.07, 6.45) is 21.6. The average Bonchev–Trinajstić information content (AvgIpc) is 0.815. The molecule has 0 fully saturated rings. The minimum Gasteiger partial charge on any atom is -0.810 e. The second-order valence-electron chi connectivity index (χ2n) is 30.8. The van der Waals surface area contributed by atoms with Crippen molar-refractivity contribution in [2.45, 2.75) is 104 Å². The first-order chi connectivity index (χ1) is 58.7. The summed E-state index contributed by atoms with van der Waals surface area (Å²) in [5, 5.41) is 9.40. The van der Waals surface area contributed by atoms with Crippen LogP contribution < -0.4 is 66.6 Å². The predicted octanol–water partition coefficient (Wildman–Crippen LogP) is 5.39. The minimum absolute atomic E-state index is 0. The Kier molecular flexibility index (Phi) is 49.0. The number of halogens is 2. The van der Waals surface area contributed by atoms with Gasteiger partial charge >= 0.3 is 68.3 Å². The fourth-order valence-corrected chi connectivity index (χ4v) is 10.1. The van der Waals surface area contributed by atoms with Crippen LogP contribution in [0.25, 0.3) is 131 Å². The van der Waals surface area contributed by atoms with Crippen molar-refractivity contribution in [3.05, 3.63) is 293 Å². The van der Waals surface area contributed by atoms with Crippen LogP contribution in [0.1, 0.15) is 83.1 Å². The molecule has 34 nitrogen and oxygen atoms in total. The molecule has 0 spiro atoms. The summed E-state index contributed by atoms with van der Waals surface area (Å²) in [7, 11) is -26.8. The van der Waals surface area contributed by atoms with E-state index in [0.29, 0.717) is 0 Å². The topological polar surface area (TPSA) is 652 Å². The molecule has 2 atom stereocenters. The van der Waals surface area contributed by atoms with E-state index in [0.717, 1.165) is 131 Å². The maximum atomic E-state index is 10.2. The number of pyridine rings is 12. The molecule has 0 amide bonds. The number of fused-ring (bicyclic) bond motifs is 18. The van der Waals surface area contributed by atoms with E-state index in [1.807, 2.05) is 72.8 Å². The van der Waals surface area contributed by atoms with Gasteiger partial charge in [0.1, 0.15) is 15.2 Å². The smallest absolute Gasteiger partial charge is 0.810 e. The Balaban J connectivity index is 0.000000728. The Morgan fingerprint density at radius 1 is 0.205 bits per heavy atom. The number of hydrogen-bond acceptors (Lipinski definition) is 30. The molecule has 0 aliphatic heterocycles. The first-order valence-corrected chi connectivity index (χ1v) is 46.3. The van der Waals surface area contributed by atoms with Crippen LogP contribution in [0.5, 0.6) is 0 Å². The summed E-state index contributed by atoms with van der Waals surface area (Å²) in [5.41, 5.74) is 11.7. The fourth-order valence-electron chi connectivity index (χ4n) is 10.1. The molecule has 44 heteroatoms. The van der Waals surface area contributed by atoms with Gasteiger partial charge < -0.3 is 68.4 Å². The van der Waals surface area contributed by atoms with Crippen LogP contribution in [-0.2, 0) is 97.5 Å². The van der Waals surface area contributed by atoms with Gasteiger partial charge in [0.2, 0.25) is 0 Å². The van der Waals surface area contributed by atoms with Crippen LogP contribution in [0.15, 0.2) is 293 Å². The number of hydrogen-bond donors (Lipinski definition) is 2. The van der Waals surface area contributed by atoms with E-state index >= 15 is 0 Å². The van der Waals surface area contributed by atoms with Crippen molar-refractivity contribution in [1.29, 1.82) is 0 Å². The quantitative estimate of drug-likeness (QED) is 0.0831. The summed E-state index contributed by atoms with van der Waals surface area (Å²) < 4.78 is 109. The molecular formula is C88H92Cl2Mn4N12O22P4+2. The standard InChI is InChI=1S/6C12H8N2.4C4H11O3P.2ClHO4.4Mn.2H2O/c6*1-3-9-5-6-10-4-2-8-14-12(10)11(9)13-7-1;4*1-4(2,3)8(5,6)7;2*2-1(3,4)5;;;;;;/h6*1-8H;4*1-3H3,(H2,5,6,7);2*(H,2,3,4,5);;;;;2*1H2/q;;;;;;;;;;;;4*+2;;/p-6. The van der Waals surface area contributed by atoms with Gasteiger partial charge in [-0.15, -0.1) is 20.5 Å². The molecule has 6 aromatic carbocycles. The number of benzene rings is 6. The fraction of sp³-hybridized carbons (Fsp3) is 0.182. The minimum atomic E-state index is -4.94. The molecule has 0 saturated carbocycles. The van der Waals surface area contributed by atoms with Crippen molar-refractivity contribution in [2.75, 3.05) is 0 Å². The molecule has 696 valence electrons. The van der Waals surface area contributed by atoms with Gasteiger partial charge in [0, 0.05) is 149 Å². The normalized spacial score (nSPS) is 12.0. The third-order valence-electron chi connectivity index (χ3n) is 17.4. The molecular weight excluding hydrogens is 1990 g/mol. The van der Waals surface area contributed by atoms with E-state index in [9.17, 15) is 47.6 Å². The zero-order valence-corrected chi connectivity index (χ0v) is 82.3. The van der Waals surface area contributed by atoms with Gasteiger partial charge in [-0.05, 0) is 83.1 Å². The van der Waals surface area contributed by atoms with Gasteiger partial charge in [-0.1, -0.05) is 244 Å². The van der Waals surface area contributed by atoms with Crippen molar-refractivity contribution in [2.24, 2.45) is 0 Å². The van der Waals surface area contributed by atoms with Gasteiger partial charge in [-0.25, -0.2) is 37.3 Å². The molecule has 18 rings (SSSR count). The zero-order chi connectivity index (χ0) is 93.3. The van der Waals surface area contributed by atoms with Crippen LogP contribution in [-0.4, -0.2) is 90.2 Å². The predicted molar refractivity (Wildman–Crippen MR) is 466 cm³/mol. The maximum Gasteiger partial charge on any atom is 2.00 e. The van der Waals surface area contributed by atoms with Crippen molar-refractivity contribution < 1.29 is 194 Å². The summed E-state index contributed by atoms with van der Waals surface area (Å²) in [6.45, 7) is 17.0. The number of rotatable bonds is 0. The summed E-state index contributed by atoms with van der Waals surface area (Å²) in [4.78, 5) is 130. The Morgan fingerprint density at radius 2 is 0.273 bits per heavy atom. The van der Waals surface area contributed by atoms with Crippen molar-refractivity contribution >= 4 is 161 Å². The van der Waals surface area contributed by atoms with Gasteiger partial charge in [-0.2, -0.15) is 0 Å². The maximum absolute atomic E-state index is 10.2. The molecule has 0 aliphatic rings. The molecule has 12 heterocycles. The SMILES string of the molecule is CC(C)(C)P(=O)([O-])O.CC(C)(C)P(=O)([O-])O.CC(C)(C)P(=O)([O-])[O-].CC(C)(C)P(=O)([O-])[O-].[Mn+2].[Mn+2].[Mn+2].[Mn+2].[O-][Cl+3]([O-])([O-])[O-].[O-][Cl+3]([O-])([O-])[O-].[OH3+].[OH3+].c1cnc2c(c1)ccc1cccnc12.c1cnc2c(c1)ccc1cccnc12.c1cnc2c(c1)ccc1cccnc12.c1cnc2c(c1)ccc1cccnc12.c1cnc2c(c1)ccc1cccnc12.c1cnc2c(c1)ccc1cccnc12. The van der Waals surface area contributed by atoms with Crippen LogP contribution in [0, 0.1) is 20.5 Å². The second-order valence-corrected chi connectivity index (χ2v) is 41.7. The molecule has 0 saturated heterocycles. The molecule has 2 unspecified atom stereocenters. The van der Waals surface area contributed by atoms with Crippen LogP contribution in [0.4, 0.5) is 0 Å².